The third kappa shape index (κ3) is 4.95. The van der Waals surface area contributed by atoms with Crippen molar-refractivity contribution in [3.63, 3.8) is 0 Å². The summed E-state index contributed by atoms with van der Waals surface area (Å²) in [5, 5.41) is 5.88. The van der Waals surface area contributed by atoms with Crippen molar-refractivity contribution < 1.29 is 9.21 Å². The maximum absolute atomic E-state index is 12.3. The number of rotatable bonds is 5. The van der Waals surface area contributed by atoms with Gasteiger partial charge in [0.1, 0.15) is 17.3 Å². The van der Waals surface area contributed by atoms with Gasteiger partial charge in [-0.25, -0.2) is 4.98 Å². The summed E-state index contributed by atoms with van der Waals surface area (Å²) in [5.74, 6) is 1.72. The van der Waals surface area contributed by atoms with Gasteiger partial charge in [-0.1, -0.05) is 54.6 Å². The number of hydrogen-bond donors (Lipinski definition) is 3. The number of hydrogen-bond acceptors (Lipinski definition) is 4. The van der Waals surface area contributed by atoms with E-state index in [2.05, 4.69) is 20.6 Å². The van der Waals surface area contributed by atoms with E-state index in [9.17, 15) is 4.79 Å². The number of thiocarbonyl (C=S) groups is 1. The van der Waals surface area contributed by atoms with E-state index in [-0.39, 0.29) is 11.0 Å². The van der Waals surface area contributed by atoms with E-state index in [1.54, 1.807) is 6.08 Å². The molecule has 0 aliphatic carbocycles. The van der Waals surface area contributed by atoms with Gasteiger partial charge >= 0.3 is 0 Å². The number of amides is 1. The summed E-state index contributed by atoms with van der Waals surface area (Å²) >= 11 is 5.30. The van der Waals surface area contributed by atoms with Crippen LogP contribution in [0.5, 0.6) is 0 Å². The number of benzene rings is 3. The minimum absolute atomic E-state index is 0.195. The number of nitrogens with zero attached hydrogens (tertiary/aromatic N) is 1. The Hall–Kier alpha value is -4.49. The summed E-state index contributed by atoms with van der Waals surface area (Å²) in [6.07, 6.45) is 2.99. The third-order valence-electron chi connectivity index (χ3n) is 5.10. The highest BCUT2D eigenvalue weighted by atomic mass is 32.1. The molecule has 0 radical (unpaired) electrons. The molecular formula is C27H20N4O2S. The van der Waals surface area contributed by atoms with Crippen LogP contribution in [0.25, 0.3) is 39.8 Å². The van der Waals surface area contributed by atoms with Crippen molar-refractivity contribution in [1.29, 1.82) is 0 Å². The van der Waals surface area contributed by atoms with Gasteiger partial charge in [0.15, 0.2) is 5.11 Å². The highest BCUT2D eigenvalue weighted by molar-refractivity contribution is 7.80. The number of imidazole rings is 1. The van der Waals surface area contributed by atoms with Crippen LogP contribution in [0, 0.1) is 0 Å². The number of para-hydroxylation sites is 2. The molecule has 0 saturated heterocycles. The fraction of sp³-hybridized carbons (Fsp3) is 0. The zero-order valence-electron chi connectivity index (χ0n) is 18.0. The zero-order chi connectivity index (χ0) is 23.3. The first-order chi connectivity index (χ1) is 16.6. The molecule has 0 atom stereocenters. The summed E-state index contributed by atoms with van der Waals surface area (Å²) in [6.45, 7) is 0. The van der Waals surface area contributed by atoms with E-state index in [0.29, 0.717) is 5.76 Å². The summed E-state index contributed by atoms with van der Waals surface area (Å²) in [7, 11) is 0. The average Bonchev–Trinajstić information content (AvgIpc) is 3.51. The molecule has 0 aliphatic heterocycles. The van der Waals surface area contributed by atoms with Gasteiger partial charge in [-0.15, -0.1) is 0 Å². The average molecular weight is 465 g/mol. The van der Waals surface area contributed by atoms with Gasteiger partial charge < -0.3 is 14.7 Å². The topological polar surface area (TPSA) is 82.9 Å². The molecular weight excluding hydrogens is 444 g/mol. The van der Waals surface area contributed by atoms with Gasteiger partial charge in [0.2, 0.25) is 5.91 Å². The second-order valence-electron chi connectivity index (χ2n) is 7.53. The number of aromatic nitrogens is 2. The zero-order valence-corrected chi connectivity index (χ0v) is 18.8. The van der Waals surface area contributed by atoms with Crippen LogP contribution in [-0.2, 0) is 4.79 Å². The molecule has 0 saturated carbocycles. The lowest BCUT2D eigenvalue weighted by molar-refractivity contribution is -0.115. The molecule has 0 fully saturated rings. The van der Waals surface area contributed by atoms with Crippen LogP contribution in [-0.4, -0.2) is 21.0 Å². The van der Waals surface area contributed by atoms with Gasteiger partial charge in [-0.2, -0.15) is 0 Å². The summed E-state index contributed by atoms with van der Waals surface area (Å²) in [5.41, 5.74) is 4.49. The maximum atomic E-state index is 12.3. The predicted molar refractivity (Wildman–Crippen MR) is 139 cm³/mol. The van der Waals surface area contributed by atoms with E-state index in [0.717, 1.165) is 39.4 Å². The van der Waals surface area contributed by atoms with Crippen molar-refractivity contribution in [2.45, 2.75) is 0 Å². The van der Waals surface area contributed by atoms with Crippen molar-refractivity contribution >= 4 is 46.0 Å². The Morgan fingerprint density at radius 2 is 1.71 bits per heavy atom. The molecule has 34 heavy (non-hydrogen) atoms. The quantitative estimate of drug-likeness (QED) is 0.219. The SMILES string of the molecule is O=C(/C=C/c1ccc(-c2ccccc2)o1)NC(=S)Nc1cccc(-c2nc3ccccc3[nH]2)c1. The second-order valence-corrected chi connectivity index (χ2v) is 7.94. The van der Waals surface area contributed by atoms with Gasteiger partial charge in [-0.05, 0) is 54.7 Å². The molecule has 7 heteroatoms. The smallest absolute Gasteiger partial charge is 0.250 e. The highest BCUT2D eigenvalue weighted by Gasteiger charge is 2.08. The van der Waals surface area contributed by atoms with Crippen LogP contribution >= 0.6 is 12.2 Å². The molecule has 6 nitrogen and oxygen atoms in total. The maximum Gasteiger partial charge on any atom is 0.250 e. The molecule has 166 valence electrons. The number of carbonyl (C=O) groups excluding carboxylic acids is 1. The fourth-order valence-corrected chi connectivity index (χ4v) is 3.73. The molecule has 0 bridgehead atoms. The second kappa shape index (κ2) is 9.56. The normalized spacial score (nSPS) is 11.1. The third-order valence-corrected chi connectivity index (χ3v) is 5.31. The van der Waals surface area contributed by atoms with Crippen molar-refractivity contribution in [1.82, 2.24) is 15.3 Å². The molecule has 0 aliphatic rings. The van der Waals surface area contributed by atoms with Crippen LogP contribution < -0.4 is 10.6 Å². The molecule has 5 rings (SSSR count). The van der Waals surface area contributed by atoms with Gasteiger partial charge in [-0.3, -0.25) is 10.1 Å². The number of furan rings is 1. The van der Waals surface area contributed by atoms with Gasteiger partial charge in [0.05, 0.1) is 11.0 Å². The van der Waals surface area contributed by atoms with Crippen molar-refractivity contribution in [2.24, 2.45) is 0 Å². The molecule has 0 spiro atoms. The van der Waals surface area contributed by atoms with Gasteiger partial charge in [0, 0.05) is 22.9 Å². The number of anilines is 1. The lowest BCUT2D eigenvalue weighted by Crippen LogP contribution is -2.32. The van der Waals surface area contributed by atoms with Crippen molar-refractivity contribution in [3.8, 4) is 22.7 Å². The van der Waals surface area contributed by atoms with Crippen molar-refractivity contribution in [3.05, 3.63) is 103 Å². The Kier molecular flexibility index (Phi) is 6.01. The summed E-state index contributed by atoms with van der Waals surface area (Å²) < 4.78 is 5.77. The van der Waals surface area contributed by atoms with Crippen LogP contribution in [0.2, 0.25) is 0 Å². The Balaban J connectivity index is 1.20. The Morgan fingerprint density at radius 1 is 0.912 bits per heavy atom. The van der Waals surface area contributed by atoms with E-state index < -0.39 is 0 Å². The Labute approximate surface area is 201 Å². The monoisotopic (exact) mass is 464 g/mol. The molecule has 0 unspecified atom stereocenters. The van der Waals surface area contributed by atoms with E-state index in [1.807, 2.05) is 91.0 Å². The lowest BCUT2D eigenvalue weighted by Gasteiger charge is -2.09. The first-order valence-corrected chi connectivity index (χ1v) is 11.1. The first-order valence-electron chi connectivity index (χ1n) is 10.6. The first kappa shape index (κ1) is 21.4. The number of H-pyrrole nitrogens is 1. The van der Waals surface area contributed by atoms with Gasteiger partial charge in [0.25, 0.3) is 0 Å². The number of nitrogens with one attached hydrogen (secondary N) is 3. The molecule has 2 aromatic heterocycles. The number of carbonyl (C=O) groups is 1. The minimum Gasteiger partial charge on any atom is -0.457 e. The van der Waals surface area contributed by atoms with E-state index in [4.69, 9.17) is 16.6 Å². The van der Waals surface area contributed by atoms with Crippen LogP contribution in [0.4, 0.5) is 5.69 Å². The van der Waals surface area contributed by atoms with Crippen molar-refractivity contribution in [2.75, 3.05) is 5.32 Å². The number of fused-ring (bicyclic) bond motifs is 1. The summed E-state index contributed by atoms with van der Waals surface area (Å²) in [6, 6.07) is 29.0. The number of aromatic amines is 1. The molecule has 1 amide bonds. The fourth-order valence-electron chi connectivity index (χ4n) is 3.51. The summed E-state index contributed by atoms with van der Waals surface area (Å²) in [4.78, 5) is 20.2. The molecule has 5 aromatic rings. The Bertz CT molecular complexity index is 1470. The molecule has 2 heterocycles. The van der Waals surface area contributed by atoms with E-state index in [1.165, 1.54) is 6.08 Å². The lowest BCUT2D eigenvalue weighted by atomic mass is 10.2. The predicted octanol–water partition coefficient (Wildman–Crippen LogP) is 6.02. The standard InChI is InChI=1S/C27H20N4O2S/c32-25(16-14-21-13-15-24(33-21)18-7-2-1-3-8-18)31-27(34)28-20-10-6-9-19(17-20)26-29-22-11-4-5-12-23(22)30-26/h1-17H,(H,29,30)(H2,28,31,32,34)/b16-14+. The molecule has 3 N–H and O–H groups in total. The Morgan fingerprint density at radius 3 is 2.56 bits per heavy atom. The van der Waals surface area contributed by atoms with Crippen LogP contribution in [0.3, 0.4) is 0 Å². The molecule has 3 aromatic carbocycles. The van der Waals surface area contributed by atoms with Crippen LogP contribution in [0.1, 0.15) is 5.76 Å². The van der Waals surface area contributed by atoms with E-state index >= 15 is 0 Å². The highest BCUT2D eigenvalue weighted by Crippen LogP contribution is 2.24. The minimum atomic E-state index is -0.358. The largest absolute Gasteiger partial charge is 0.457 e. The van der Waals surface area contributed by atoms with Crippen LogP contribution in [0.15, 0.2) is 101 Å².